The SMILES string of the molecule is CCOC(=O)N1CCN(C(=O)c2c(C)cc(C)n(CC3CCCO3)c2=O)CC1. The molecule has 0 N–H and O–H groups in total. The number of carbonyl (C=O) groups excluding carboxylic acids is 2. The van der Waals surface area contributed by atoms with Gasteiger partial charge in [0, 0.05) is 38.5 Å². The zero-order chi connectivity index (χ0) is 20.3. The number of ether oxygens (including phenoxy) is 2. The molecule has 8 heteroatoms. The van der Waals surface area contributed by atoms with Crippen LogP contribution in [-0.4, -0.2) is 71.9 Å². The van der Waals surface area contributed by atoms with Crippen LogP contribution in [0.3, 0.4) is 0 Å². The van der Waals surface area contributed by atoms with Gasteiger partial charge in [-0.05, 0) is 45.2 Å². The standard InChI is InChI=1S/C20H29N3O5/c1-4-27-20(26)22-9-7-21(8-10-22)18(24)17-14(2)12-15(3)23(19(17)25)13-16-6-5-11-28-16/h12,16H,4-11,13H2,1-3H3. The molecule has 2 amide bonds. The molecule has 1 unspecified atom stereocenters. The first kappa shape index (κ1) is 20.4. The number of aromatic nitrogens is 1. The Morgan fingerprint density at radius 3 is 2.46 bits per heavy atom. The van der Waals surface area contributed by atoms with E-state index in [0.717, 1.165) is 25.1 Å². The first-order valence-corrected chi connectivity index (χ1v) is 9.96. The summed E-state index contributed by atoms with van der Waals surface area (Å²) in [6.45, 7) is 8.54. The summed E-state index contributed by atoms with van der Waals surface area (Å²) in [4.78, 5) is 41.3. The maximum atomic E-state index is 13.1. The lowest BCUT2D eigenvalue weighted by Gasteiger charge is -2.34. The first-order chi connectivity index (χ1) is 13.4. The maximum Gasteiger partial charge on any atom is 0.409 e. The third-order valence-corrected chi connectivity index (χ3v) is 5.42. The van der Waals surface area contributed by atoms with Crippen LogP contribution in [0.2, 0.25) is 0 Å². The molecular formula is C20H29N3O5. The quantitative estimate of drug-likeness (QED) is 0.778. The largest absolute Gasteiger partial charge is 0.450 e. The fourth-order valence-corrected chi connectivity index (χ4v) is 3.87. The molecule has 2 fully saturated rings. The van der Waals surface area contributed by atoms with Gasteiger partial charge in [0.1, 0.15) is 5.56 Å². The molecule has 0 radical (unpaired) electrons. The Morgan fingerprint density at radius 2 is 1.86 bits per heavy atom. The summed E-state index contributed by atoms with van der Waals surface area (Å²) in [5.74, 6) is -0.271. The van der Waals surface area contributed by atoms with Crippen LogP contribution in [0.1, 0.15) is 41.4 Å². The van der Waals surface area contributed by atoms with Gasteiger partial charge in [0.05, 0.1) is 19.3 Å². The number of piperazine rings is 1. The van der Waals surface area contributed by atoms with E-state index in [2.05, 4.69) is 0 Å². The van der Waals surface area contributed by atoms with Gasteiger partial charge in [-0.15, -0.1) is 0 Å². The molecule has 0 aliphatic carbocycles. The molecule has 0 aromatic carbocycles. The van der Waals surface area contributed by atoms with Crippen molar-refractivity contribution in [3.8, 4) is 0 Å². The Bertz CT molecular complexity index is 790. The highest BCUT2D eigenvalue weighted by molar-refractivity contribution is 5.95. The van der Waals surface area contributed by atoms with Crippen molar-refractivity contribution < 1.29 is 19.1 Å². The molecule has 2 aliphatic heterocycles. The number of carbonyl (C=O) groups is 2. The second-order valence-electron chi connectivity index (χ2n) is 7.37. The summed E-state index contributed by atoms with van der Waals surface area (Å²) in [5.41, 5.74) is 1.48. The van der Waals surface area contributed by atoms with E-state index in [1.165, 1.54) is 0 Å². The highest BCUT2D eigenvalue weighted by Gasteiger charge is 2.29. The Hall–Kier alpha value is -2.35. The zero-order valence-electron chi connectivity index (χ0n) is 16.9. The highest BCUT2D eigenvalue weighted by Crippen LogP contribution is 2.16. The molecule has 0 bridgehead atoms. The van der Waals surface area contributed by atoms with Crippen molar-refractivity contribution in [3.63, 3.8) is 0 Å². The summed E-state index contributed by atoms with van der Waals surface area (Å²) in [6.07, 6.45) is 1.59. The fraction of sp³-hybridized carbons (Fsp3) is 0.650. The lowest BCUT2D eigenvalue weighted by molar-refractivity contribution is 0.0566. The van der Waals surface area contributed by atoms with Crippen molar-refractivity contribution in [1.29, 1.82) is 0 Å². The second-order valence-corrected chi connectivity index (χ2v) is 7.37. The van der Waals surface area contributed by atoms with Gasteiger partial charge in [-0.1, -0.05) is 0 Å². The number of hydrogen-bond donors (Lipinski definition) is 0. The van der Waals surface area contributed by atoms with Crippen molar-refractivity contribution in [3.05, 3.63) is 33.2 Å². The number of aryl methyl sites for hydroxylation is 2. The van der Waals surface area contributed by atoms with Crippen molar-refractivity contribution >= 4 is 12.0 Å². The van der Waals surface area contributed by atoms with Crippen LogP contribution in [0.4, 0.5) is 4.79 Å². The summed E-state index contributed by atoms with van der Waals surface area (Å²) in [7, 11) is 0. The van der Waals surface area contributed by atoms with E-state index in [9.17, 15) is 14.4 Å². The third-order valence-electron chi connectivity index (χ3n) is 5.42. The zero-order valence-corrected chi connectivity index (χ0v) is 16.9. The summed E-state index contributed by atoms with van der Waals surface area (Å²) in [6, 6.07) is 1.89. The van der Waals surface area contributed by atoms with Crippen LogP contribution >= 0.6 is 0 Å². The molecule has 1 aromatic rings. The number of pyridine rings is 1. The van der Waals surface area contributed by atoms with E-state index in [1.807, 2.05) is 13.0 Å². The van der Waals surface area contributed by atoms with E-state index in [0.29, 0.717) is 44.9 Å². The van der Waals surface area contributed by atoms with Crippen LogP contribution in [0.25, 0.3) is 0 Å². The van der Waals surface area contributed by atoms with E-state index in [-0.39, 0.29) is 29.2 Å². The molecule has 1 aromatic heterocycles. The molecule has 154 valence electrons. The first-order valence-electron chi connectivity index (χ1n) is 9.96. The number of nitrogens with zero attached hydrogens (tertiary/aromatic N) is 3. The van der Waals surface area contributed by atoms with E-state index >= 15 is 0 Å². The molecule has 3 rings (SSSR count). The van der Waals surface area contributed by atoms with Crippen LogP contribution < -0.4 is 5.56 Å². The molecular weight excluding hydrogens is 362 g/mol. The number of amides is 2. The minimum absolute atomic E-state index is 0.0233. The smallest absolute Gasteiger partial charge is 0.409 e. The van der Waals surface area contributed by atoms with E-state index in [1.54, 1.807) is 28.2 Å². The van der Waals surface area contributed by atoms with E-state index < -0.39 is 0 Å². The molecule has 0 saturated carbocycles. The van der Waals surface area contributed by atoms with Crippen LogP contribution in [0.15, 0.2) is 10.9 Å². The minimum atomic E-state index is -0.361. The number of rotatable bonds is 4. The predicted octanol–water partition coefficient (Wildman–Crippen LogP) is 1.56. The lowest BCUT2D eigenvalue weighted by atomic mass is 10.1. The van der Waals surface area contributed by atoms with Gasteiger partial charge in [-0.3, -0.25) is 9.59 Å². The lowest BCUT2D eigenvalue weighted by Crippen LogP contribution is -2.51. The molecule has 8 nitrogen and oxygen atoms in total. The molecule has 0 spiro atoms. The highest BCUT2D eigenvalue weighted by atomic mass is 16.6. The van der Waals surface area contributed by atoms with Gasteiger partial charge in [-0.25, -0.2) is 4.79 Å². The fourth-order valence-electron chi connectivity index (χ4n) is 3.87. The van der Waals surface area contributed by atoms with Gasteiger partial charge < -0.3 is 23.8 Å². The van der Waals surface area contributed by atoms with Crippen molar-refractivity contribution in [2.75, 3.05) is 39.4 Å². The Labute approximate surface area is 165 Å². The van der Waals surface area contributed by atoms with Crippen LogP contribution in [-0.2, 0) is 16.0 Å². The minimum Gasteiger partial charge on any atom is -0.450 e. The monoisotopic (exact) mass is 391 g/mol. The van der Waals surface area contributed by atoms with Crippen molar-refractivity contribution in [2.45, 2.75) is 46.3 Å². The van der Waals surface area contributed by atoms with Gasteiger partial charge in [0.15, 0.2) is 0 Å². The van der Waals surface area contributed by atoms with Crippen LogP contribution in [0, 0.1) is 13.8 Å². The van der Waals surface area contributed by atoms with Gasteiger partial charge in [0.25, 0.3) is 11.5 Å². The molecule has 2 aliphatic rings. The van der Waals surface area contributed by atoms with E-state index in [4.69, 9.17) is 9.47 Å². The Morgan fingerprint density at radius 1 is 1.18 bits per heavy atom. The Kier molecular flexibility index (Phi) is 6.39. The van der Waals surface area contributed by atoms with Gasteiger partial charge in [0.2, 0.25) is 0 Å². The predicted molar refractivity (Wildman–Crippen MR) is 104 cm³/mol. The number of hydrogen-bond acceptors (Lipinski definition) is 5. The van der Waals surface area contributed by atoms with Gasteiger partial charge in [-0.2, -0.15) is 0 Å². The maximum absolute atomic E-state index is 13.1. The molecule has 3 heterocycles. The van der Waals surface area contributed by atoms with Gasteiger partial charge >= 0.3 is 6.09 Å². The van der Waals surface area contributed by atoms with Crippen molar-refractivity contribution in [1.82, 2.24) is 14.4 Å². The average molecular weight is 391 g/mol. The second kappa shape index (κ2) is 8.77. The van der Waals surface area contributed by atoms with Crippen LogP contribution in [0.5, 0.6) is 0 Å². The summed E-state index contributed by atoms with van der Waals surface area (Å²) >= 11 is 0. The molecule has 28 heavy (non-hydrogen) atoms. The molecule has 1 atom stereocenters. The summed E-state index contributed by atoms with van der Waals surface area (Å²) in [5, 5.41) is 0. The topological polar surface area (TPSA) is 81.1 Å². The van der Waals surface area contributed by atoms with Crippen molar-refractivity contribution in [2.24, 2.45) is 0 Å². The Balaban J connectivity index is 1.76. The molecule has 2 saturated heterocycles. The average Bonchev–Trinajstić information content (AvgIpc) is 3.18. The third kappa shape index (κ3) is 4.22. The summed E-state index contributed by atoms with van der Waals surface area (Å²) < 4.78 is 12.3. The normalized spacial score (nSPS) is 19.8.